The Labute approximate surface area is 158 Å². The van der Waals surface area contributed by atoms with Gasteiger partial charge in [0.1, 0.15) is 0 Å². The van der Waals surface area contributed by atoms with Crippen molar-refractivity contribution in [3.63, 3.8) is 0 Å². The Bertz CT molecular complexity index is 696. The Kier molecular flexibility index (Phi) is 5.81. The second-order valence-electron chi connectivity index (χ2n) is 6.81. The third-order valence-corrected chi connectivity index (χ3v) is 6.52. The number of nitrogens with two attached hydrogens (primary N) is 1. The number of benzene rings is 1. The lowest BCUT2D eigenvalue weighted by molar-refractivity contribution is -0.136. The van der Waals surface area contributed by atoms with E-state index in [1.165, 1.54) is 4.70 Å². The lowest BCUT2D eigenvalue weighted by Gasteiger charge is -2.36. The summed E-state index contributed by atoms with van der Waals surface area (Å²) in [4.78, 5) is 21.9. The Morgan fingerprint density at radius 3 is 2.68 bits per heavy atom. The maximum Gasteiger partial charge on any atom is 0.226 e. The highest BCUT2D eigenvalue weighted by molar-refractivity contribution is 7.22. The summed E-state index contributed by atoms with van der Waals surface area (Å²) in [6.07, 6.45) is 3.27. The van der Waals surface area contributed by atoms with Crippen LogP contribution in [-0.4, -0.2) is 48.5 Å². The second-order valence-corrected chi connectivity index (χ2v) is 7.82. The van der Waals surface area contributed by atoms with Gasteiger partial charge in [-0.3, -0.25) is 4.79 Å². The van der Waals surface area contributed by atoms with Gasteiger partial charge in [-0.1, -0.05) is 29.9 Å². The molecule has 1 saturated heterocycles. The summed E-state index contributed by atoms with van der Waals surface area (Å²) in [6, 6.07) is 8.25. The van der Waals surface area contributed by atoms with Crippen LogP contribution in [0.4, 0.5) is 5.13 Å². The molecule has 2 aliphatic rings. The molecule has 7 heteroatoms. The van der Waals surface area contributed by atoms with Crippen molar-refractivity contribution in [2.24, 2.45) is 17.6 Å². The molecule has 2 N–H and O–H groups in total. The van der Waals surface area contributed by atoms with Gasteiger partial charge in [-0.05, 0) is 37.4 Å². The van der Waals surface area contributed by atoms with E-state index < -0.39 is 0 Å². The Balaban J connectivity index is 0.00000182. The quantitative estimate of drug-likeness (QED) is 0.889. The minimum atomic E-state index is 0. The average molecular weight is 381 g/mol. The van der Waals surface area contributed by atoms with Crippen LogP contribution in [-0.2, 0) is 4.79 Å². The summed E-state index contributed by atoms with van der Waals surface area (Å²) in [5.74, 6) is 0.871. The standard InChI is InChI=1S/C18H24N4OS.ClH/c19-12-13-4-3-5-14(13)17(23)21-8-10-22(11-9-21)18-20-15-6-1-2-7-16(15)24-18;/h1-2,6-7,13-14H,3-5,8-12,19H2;1H/t13-,14-;/m1./s1. The number of aromatic nitrogens is 1. The van der Waals surface area contributed by atoms with Crippen molar-refractivity contribution in [2.45, 2.75) is 19.3 Å². The van der Waals surface area contributed by atoms with Crippen molar-refractivity contribution in [3.05, 3.63) is 24.3 Å². The number of carbonyl (C=O) groups is 1. The van der Waals surface area contributed by atoms with Crippen molar-refractivity contribution >= 4 is 45.0 Å². The van der Waals surface area contributed by atoms with Crippen LogP contribution in [0, 0.1) is 11.8 Å². The van der Waals surface area contributed by atoms with Gasteiger partial charge >= 0.3 is 0 Å². The highest BCUT2D eigenvalue weighted by Crippen LogP contribution is 2.33. The van der Waals surface area contributed by atoms with Gasteiger partial charge in [0.2, 0.25) is 5.91 Å². The normalized spacial score (nSPS) is 23.7. The van der Waals surface area contributed by atoms with Crippen LogP contribution in [0.15, 0.2) is 24.3 Å². The van der Waals surface area contributed by atoms with E-state index in [1.54, 1.807) is 11.3 Å². The van der Waals surface area contributed by atoms with Crippen molar-refractivity contribution in [2.75, 3.05) is 37.6 Å². The Hall–Kier alpha value is -1.37. The topological polar surface area (TPSA) is 62.5 Å². The molecule has 25 heavy (non-hydrogen) atoms. The number of thiazole rings is 1. The van der Waals surface area contributed by atoms with Gasteiger partial charge in [0.25, 0.3) is 0 Å². The summed E-state index contributed by atoms with van der Waals surface area (Å²) >= 11 is 1.74. The third kappa shape index (κ3) is 3.61. The fourth-order valence-electron chi connectivity index (χ4n) is 3.99. The van der Waals surface area contributed by atoms with Crippen LogP contribution in [0.1, 0.15) is 19.3 Å². The summed E-state index contributed by atoms with van der Waals surface area (Å²) in [7, 11) is 0. The van der Waals surface area contributed by atoms with E-state index in [9.17, 15) is 4.79 Å². The maximum atomic E-state index is 12.8. The van der Waals surface area contributed by atoms with Gasteiger partial charge in [-0.15, -0.1) is 12.4 Å². The number of amides is 1. The van der Waals surface area contributed by atoms with Gasteiger partial charge in [0, 0.05) is 32.1 Å². The third-order valence-electron chi connectivity index (χ3n) is 5.42. The lowest BCUT2D eigenvalue weighted by Crippen LogP contribution is -2.51. The van der Waals surface area contributed by atoms with Crippen LogP contribution >= 0.6 is 23.7 Å². The Morgan fingerprint density at radius 2 is 1.96 bits per heavy atom. The molecule has 0 radical (unpaired) electrons. The molecule has 4 rings (SSSR count). The van der Waals surface area contributed by atoms with E-state index in [0.717, 1.165) is 56.1 Å². The molecular weight excluding hydrogens is 356 g/mol. The molecule has 2 atom stereocenters. The van der Waals surface area contributed by atoms with E-state index >= 15 is 0 Å². The van der Waals surface area contributed by atoms with Crippen molar-refractivity contribution < 1.29 is 4.79 Å². The van der Waals surface area contributed by atoms with Crippen molar-refractivity contribution in [3.8, 4) is 0 Å². The SMILES string of the molecule is Cl.NC[C@H]1CCC[C@H]1C(=O)N1CCN(c2nc3ccccc3s2)CC1. The molecule has 1 amide bonds. The monoisotopic (exact) mass is 380 g/mol. The Morgan fingerprint density at radius 1 is 1.20 bits per heavy atom. The number of piperazine rings is 1. The van der Waals surface area contributed by atoms with E-state index in [0.29, 0.717) is 18.4 Å². The highest BCUT2D eigenvalue weighted by atomic mass is 35.5. The van der Waals surface area contributed by atoms with Gasteiger partial charge in [0.15, 0.2) is 5.13 Å². The number of para-hydroxylation sites is 1. The predicted octanol–water partition coefficient (Wildman–Crippen LogP) is 2.74. The largest absolute Gasteiger partial charge is 0.345 e. The molecule has 1 aromatic carbocycles. The number of nitrogens with zero attached hydrogens (tertiary/aromatic N) is 3. The summed E-state index contributed by atoms with van der Waals surface area (Å²) in [5, 5.41) is 1.07. The number of halogens is 1. The van der Waals surface area contributed by atoms with Crippen LogP contribution in [0.5, 0.6) is 0 Å². The molecule has 0 bridgehead atoms. The molecule has 1 saturated carbocycles. The fourth-order valence-corrected chi connectivity index (χ4v) is 5.01. The first-order valence-corrected chi connectivity index (χ1v) is 9.67. The summed E-state index contributed by atoms with van der Waals surface area (Å²) in [6.45, 7) is 3.96. The molecule has 1 aliphatic carbocycles. The zero-order valence-corrected chi connectivity index (χ0v) is 15.9. The number of hydrogen-bond acceptors (Lipinski definition) is 5. The van der Waals surface area contributed by atoms with Crippen LogP contribution < -0.4 is 10.6 Å². The zero-order chi connectivity index (χ0) is 16.5. The molecule has 2 fully saturated rings. The van der Waals surface area contributed by atoms with Gasteiger partial charge < -0.3 is 15.5 Å². The second kappa shape index (κ2) is 7.89. The molecule has 2 aromatic rings. The van der Waals surface area contributed by atoms with Crippen molar-refractivity contribution in [1.29, 1.82) is 0 Å². The van der Waals surface area contributed by atoms with E-state index in [-0.39, 0.29) is 18.3 Å². The van der Waals surface area contributed by atoms with Gasteiger partial charge in [-0.2, -0.15) is 0 Å². The van der Waals surface area contributed by atoms with E-state index in [4.69, 9.17) is 10.7 Å². The fraction of sp³-hybridized carbons (Fsp3) is 0.556. The summed E-state index contributed by atoms with van der Waals surface area (Å²) in [5.41, 5.74) is 6.90. The number of fused-ring (bicyclic) bond motifs is 1. The molecule has 0 unspecified atom stereocenters. The molecule has 1 aliphatic heterocycles. The first-order chi connectivity index (χ1) is 11.8. The van der Waals surface area contributed by atoms with Gasteiger partial charge in [-0.25, -0.2) is 4.98 Å². The highest BCUT2D eigenvalue weighted by Gasteiger charge is 2.35. The molecular formula is C18H25ClN4OS. The minimum absolute atomic E-state index is 0. The smallest absolute Gasteiger partial charge is 0.226 e. The zero-order valence-electron chi connectivity index (χ0n) is 14.3. The van der Waals surface area contributed by atoms with Crippen LogP contribution in [0.25, 0.3) is 10.2 Å². The molecule has 136 valence electrons. The number of carbonyl (C=O) groups excluding carboxylic acids is 1. The maximum absolute atomic E-state index is 12.8. The number of hydrogen-bond donors (Lipinski definition) is 1. The van der Waals surface area contributed by atoms with E-state index in [1.807, 2.05) is 11.0 Å². The molecule has 0 spiro atoms. The first kappa shape index (κ1) is 18.4. The first-order valence-electron chi connectivity index (χ1n) is 8.85. The van der Waals surface area contributed by atoms with Crippen molar-refractivity contribution in [1.82, 2.24) is 9.88 Å². The van der Waals surface area contributed by atoms with Gasteiger partial charge in [0.05, 0.1) is 10.2 Å². The van der Waals surface area contributed by atoms with E-state index in [2.05, 4.69) is 23.1 Å². The minimum Gasteiger partial charge on any atom is -0.345 e. The predicted molar refractivity (Wildman–Crippen MR) is 106 cm³/mol. The number of rotatable bonds is 3. The van der Waals surface area contributed by atoms with Crippen LogP contribution in [0.2, 0.25) is 0 Å². The molecule has 5 nitrogen and oxygen atoms in total. The average Bonchev–Trinajstić information content (AvgIpc) is 3.27. The summed E-state index contributed by atoms with van der Waals surface area (Å²) < 4.78 is 1.22. The molecule has 2 heterocycles. The van der Waals surface area contributed by atoms with Crippen LogP contribution in [0.3, 0.4) is 0 Å². The lowest BCUT2D eigenvalue weighted by atomic mass is 9.94. The number of anilines is 1. The molecule has 1 aromatic heterocycles.